The summed E-state index contributed by atoms with van der Waals surface area (Å²) in [5.41, 5.74) is 2.78. The third kappa shape index (κ3) is 6.49. The van der Waals surface area contributed by atoms with Gasteiger partial charge in [0.2, 0.25) is 0 Å². The third-order valence-electron chi connectivity index (χ3n) is 7.06. The maximum absolute atomic E-state index is 13.7. The van der Waals surface area contributed by atoms with Crippen molar-refractivity contribution < 1.29 is 33.7 Å². The van der Waals surface area contributed by atoms with Gasteiger partial charge in [-0.1, -0.05) is 61.6 Å². The number of aliphatic hydroxyl groups excluding tert-OH is 1. The number of carbonyl (C=O) groups is 3. The molecule has 226 valence electrons. The molecule has 2 heterocycles. The number of thiazole rings is 1. The van der Waals surface area contributed by atoms with Crippen LogP contribution in [-0.4, -0.2) is 48.1 Å². The van der Waals surface area contributed by atoms with E-state index >= 15 is 0 Å². The van der Waals surface area contributed by atoms with Crippen molar-refractivity contribution in [3.8, 4) is 11.5 Å². The Labute approximate surface area is 255 Å². The molecule has 1 amide bonds. The molecule has 1 aliphatic heterocycles. The number of methoxy groups -OCH3 is 1. The van der Waals surface area contributed by atoms with E-state index in [1.165, 1.54) is 18.1 Å². The average Bonchev–Trinajstić information content (AvgIpc) is 3.48. The molecule has 9 nitrogen and oxygen atoms in total. The number of esters is 1. The first-order chi connectivity index (χ1) is 20.5. The van der Waals surface area contributed by atoms with Gasteiger partial charge in [-0.3, -0.25) is 14.5 Å². The maximum atomic E-state index is 13.7. The van der Waals surface area contributed by atoms with E-state index in [1.54, 1.807) is 31.2 Å². The van der Waals surface area contributed by atoms with E-state index in [-0.39, 0.29) is 27.9 Å². The van der Waals surface area contributed by atoms with Crippen molar-refractivity contribution in [3.63, 3.8) is 0 Å². The number of amides is 1. The molecule has 1 fully saturated rings. The largest absolute Gasteiger partial charge is 0.507 e. The minimum Gasteiger partial charge on any atom is -0.507 e. The minimum atomic E-state index is -1.07. The predicted molar refractivity (Wildman–Crippen MR) is 166 cm³/mol. The van der Waals surface area contributed by atoms with Crippen LogP contribution in [0.5, 0.6) is 11.5 Å². The number of hydrogen-bond donors (Lipinski definition) is 1. The third-order valence-corrected chi connectivity index (χ3v) is 8.19. The lowest BCUT2D eigenvalue weighted by molar-refractivity contribution is -0.132. The molecule has 1 aliphatic rings. The van der Waals surface area contributed by atoms with Crippen LogP contribution in [0.3, 0.4) is 0 Å². The summed E-state index contributed by atoms with van der Waals surface area (Å²) < 4.78 is 16.8. The molecular formula is C33H36N2O7S. The molecule has 1 unspecified atom stereocenters. The molecule has 4 rings (SSSR count). The Morgan fingerprint density at radius 1 is 1.14 bits per heavy atom. The van der Waals surface area contributed by atoms with Gasteiger partial charge in [-0.05, 0) is 62.4 Å². The number of hydrogen-bond acceptors (Lipinski definition) is 9. The van der Waals surface area contributed by atoms with Gasteiger partial charge in [-0.15, -0.1) is 0 Å². The van der Waals surface area contributed by atoms with Gasteiger partial charge in [-0.2, -0.15) is 0 Å². The first kappa shape index (κ1) is 31.5. The summed E-state index contributed by atoms with van der Waals surface area (Å²) in [6, 6.07) is 9.57. The van der Waals surface area contributed by atoms with Gasteiger partial charge in [0, 0.05) is 5.56 Å². The summed E-state index contributed by atoms with van der Waals surface area (Å²) in [6.45, 7) is 13.6. The maximum Gasteiger partial charge on any atom is 0.350 e. The van der Waals surface area contributed by atoms with Crippen LogP contribution in [0.4, 0.5) is 5.13 Å². The quantitative estimate of drug-likeness (QED) is 0.0871. The van der Waals surface area contributed by atoms with E-state index in [0.717, 1.165) is 28.9 Å². The van der Waals surface area contributed by atoms with Crippen LogP contribution < -0.4 is 14.4 Å². The monoisotopic (exact) mass is 604 g/mol. The lowest BCUT2D eigenvalue weighted by atomic mass is 9.93. The number of aliphatic hydroxyl groups is 1. The number of Topliss-reactive ketones (excluding diaryl/α,β-unsaturated/α-hetero) is 1. The highest BCUT2D eigenvalue weighted by atomic mass is 32.1. The highest BCUT2D eigenvalue weighted by Gasteiger charge is 2.49. The van der Waals surface area contributed by atoms with Crippen LogP contribution in [0.25, 0.3) is 5.76 Å². The highest BCUT2D eigenvalue weighted by Crippen LogP contribution is 2.46. The lowest BCUT2D eigenvalue weighted by Crippen LogP contribution is -2.29. The van der Waals surface area contributed by atoms with E-state index in [1.807, 2.05) is 26.0 Å². The zero-order valence-electron chi connectivity index (χ0n) is 25.2. The van der Waals surface area contributed by atoms with Gasteiger partial charge in [0.25, 0.3) is 5.78 Å². The summed E-state index contributed by atoms with van der Waals surface area (Å²) >= 11 is 0.934. The van der Waals surface area contributed by atoms with Crippen LogP contribution in [0, 0.1) is 26.7 Å². The summed E-state index contributed by atoms with van der Waals surface area (Å²) in [4.78, 5) is 45.9. The Kier molecular flexibility index (Phi) is 9.70. The van der Waals surface area contributed by atoms with Crippen molar-refractivity contribution in [1.29, 1.82) is 0 Å². The first-order valence-electron chi connectivity index (χ1n) is 13.9. The molecule has 0 bridgehead atoms. The number of anilines is 1. The molecule has 0 saturated carbocycles. The number of benzene rings is 2. The van der Waals surface area contributed by atoms with Crippen LogP contribution >= 0.6 is 11.3 Å². The Morgan fingerprint density at radius 3 is 2.56 bits per heavy atom. The molecule has 10 heteroatoms. The van der Waals surface area contributed by atoms with Crippen molar-refractivity contribution >= 4 is 39.9 Å². The van der Waals surface area contributed by atoms with Crippen LogP contribution in [0.1, 0.15) is 63.9 Å². The number of ketones is 1. The van der Waals surface area contributed by atoms with Gasteiger partial charge in [0.05, 0.1) is 31.0 Å². The SMILES string of the molecule is C=CCOC(=O)c1sc(N2C(=O)C(=O)C(=C(O)c3cc(C)ccc3C)C2c2ccc(OCCC(C)C)c(OC)c2)nc1C. The first-order valence-corrected chi connectivity index (χ1v) is 14.7. The lowest BCUT2D eigenvalue weighted by Gasteiger charge is -2.24. The van der Waals surface area contributed by atoms with Gasteiger partial charge < -0.3 is 19.3 Å². The minimum absolute atomic E-state index is 0.0112. The summed E-state index contributed by atoms with van der Waals surface area (Å²) in [5.74, 6) is -1.30. The molecule has 0 aliphatic carbocycles. The Morgan fingerprint density at radius 2 is 1.88 bits per heavy atom. The Hall–Kier alpha value is -4.44. The number of carbonyl (C=O) groups excluding carboxylic acids is 3. The van der Waals surface area contributed by atoms with Gasteiger partial charge >= 0.3 is 11.9 Å². The number of nitrogens with zero attached hydrogens (tertiary/aromatic N) is 2. The van der Waals surface area contributed by atoms with Crippen molar-refractivity contribution in [3.05, 3.63) is 87.5 Å². The summed E-state index contributed by atoms with van der Waals surface area (Å²) in [6.07, 6.45) is 2.30. The molecule has 1 aromatic heterocycles. The summed E-state index contributed by atoms with van der Waals surface area (Å²) in [5, 5.41) is 11.7. The van der Waals surface area contributed by atoms with Gasteiger partial charge in [0.1, 0.15) is 17.2 Å². The fourth-order valence-electron chi connectivity index (χ4n) is 4.73. The molecule has 0 spiro atoms. The number of ether oxygens (including phenoxy) is 3. The van der Waals surface area contributed by atoms with E-state index in [0.29, 0.717) is 40.8 Å². The molecule has 2 aromatic carbocycles. The van der Waals surface area contributed by atoms with Crippen LogP contribution in [-0.2, 0) is 14.3 Å². The smallest absolute Gasteiger partial charge is 0.350 e. The number of aromatic nitrogens is 1. The van der Waals surface area contributed by atoms with E-state index in [4.69, 9.17) is 14.2 Å². The molecule has 3 aromatic rings. The van der Waals surface area contributed by atoms with E-state index < -0.39 is 23.7 Å². The second-order valence-electron chi connectivity index (χ2n) is 10.7. The van der Waals surface area contributed by atoms with Crippen molar-refractivity contribution in [1.82, 2.24) is 4.98 Å². The molecular weight excluding hydrogens is 568 g/mol. The second-order valence-corrected chi connectivity index (χ2v) is 11.7. The zero-order chi connectivity index (χ0) is 31.4. The predicted octanol–water partition coefficient (Wildman–Crippen LogP) is 6.47. The highest BCUT2D eigenvalue weighted by molar-refractivity contribution is 7.17. The fraction of sp³-hybridized carbons (Fsp3) is 0.333. The molecule has 43 heavy (non-hydrogen) atoms. The number of aryl methyl sites for hydroxylation is 3. The molecule has 0 radical (unpaired) electrons. The fourth-order valence-corrected chi connectivity index (χ4v) is 5.72. The standard InChI is InChI=1S/C33H36N2O7S/c1-8-14-42-32(39)30-21(6)34-33(43-30)35-27(22-11-12-24(25(17-22)40-7)41-15-13-18(2)3)26(29(37)31(35)38)28(36)23-16-19(4)9-10-20(23)5/h8-12,16-18,27,36H,1,13-15H2,2-7H3. The normalized spacial score (nSPS) is 16.1. The van der Waals surface area contributed by atoms with Crippen molar-refractivity contribution in [2.24, 2.45) is 5.92 Å². The number of rotatable bonds is 11. The second kappa shape index (κ2) is 13.2. The zero-order valence-corrected chi connectivity index (χ0v) is 26.0. The summed E-state index contributed by atoms with van der Waals surface area (Å²) in [7, 11) is 1.51. The Balaban J connectivity index is 1.90. The van der Waals surface area contributed by atoms with E-state index in [9.17, 15) is 19.5 Å². The van der Waals surface area contributed by atoms with Crippen molar-refractivity contribution in [2.75, 3.05) is 25.2 Å². The average molecular weight is 605 g/mol. The Bertz CT molecular complexity index is 1600. The van der Waals surface area contributed by atoms with Crippen LogP contribution in [0.2, 0.25) is 0 Å². The van der Waals surface area contributed by atoms with Crippen molar-refractivity contribution in [2.45, 2.75) is 47.1 Å². The van der Waals surface area contributed by atoms with Crippen LogP contribution in [0.15, 0.2) is 54.6 Å². The topological polar surface area (TPSA) is 115 Å². The van der Waals surface area contributed by atoms with Gasteiger partial charge in [0.15, 0.2) is 16.6 Å². The van der Waals surface area contributed by atoms with Gasteiger partial charge in [-0.25, -0.2) is 9.78 Å². The molecule has 1 N–H and O–H groups in total. The molecule has 1 atom stereocenters. The van der Waals surface area contributed by atoms with E-state index in [2.05, 4.69) is 25.4 Å². The molecule has 1 saturated heterocycles.